The second-order valence-electron chi connectivity index (χ2n) is 6.25. The van der Waals surface area contributed by atoms with Crippen molar-refractivity contribution in [3.63, 3.8) is 0 Å². The Balaban J connectivity index is 2.04. The van der Waals surface area contributed by atoms with Gasteiger partial charge in [-0.15, -0.1) is 10.2 Å². The molecular weight excluding hydrogens is 604 g/mol. The van der Waals surface area contributed by atoms with Gasteiger partial charge in [0.05, 0.1) is 14.6 Å². The number of aromatic nitrogens is 3. The summed E-state index contributed by atoms with van der Waals surface area (Å²) in [5.74, 6) is -0.0139. The summed E-state index contributed by atoms with van der Waals surface area (Å²) in [6, 6.07) is 9.03. The van der Waals surface area contributed by atoms with Gasteiger partial charge in [0.15, 0.2) is 5.69 Å². The van der Waals surface area contributed by atoms with Gasteiger partial charge in [0.1, 0.15) is 5.75 Å². The molecule has 30 heavy (non-hydrogen) atoms. The first-order valence-electron chi connectivity index (χ1n) is 8.54. The molecule has 2 heterocycles. The van der Waals surface area contributed by atoms with E-state index in [1.54, 1.807) is 6.07 Å². The normalized spacial score (nSPS) is 15.1. The fourth-order valence-electron chi connectivity index (χ4n) is 3.15. The van der Waals surface area contributed by atoms with Gasteiger partial charge in [-0.3, -0.25) is 9.69 Å². The van der Waals surface area contributed by atoms with Crippen molar-refractivity contribution >= 4 is 71.1 Å². The second kappa shape index (κ2) is 8.45. The highest BCUT2D eigenvalue weighted by Gasteiger charge is 2.37. The smallest absolute Gasteiger partial charge is 0.247 e. The zero-order valence-corrected chi connectivity index (χ0v) is 21.1. The Morgan fingerprint density at radius 3 is 2.63 bits per heavy atom. The molecule has 0 spiro atoms. The molecule has 0 unspecified atom stereocenters. The standard InChI is InChI=1S/C19H13Br3N4O3S/c1-8(27)26-12-6-4-3-5-9(12)15-17(23-19(30-2)25-24-15)29-18(26)13-10(20)7-11(21)16(28)14(13)22/h3-7,18,28H,1-2H3/t18-/m0/s1. The minimum absolute atomic E-state index is 0.0105. The van der Waals surface area contributed by atoms with E-state index in [9.17, 15) is 9.90 Å². The Labute approximate surface area is 201 Å². The summed E-state index contributed by atoms with van der Waals surface area (Å²) in [5, 5.41) is 19.4. The highest BCUT2D eigenvalue weighted by Crippen LogP contribution is 2.48. The number of phenols is 1. The number of phenolic OH excluding ortho intramolecular Hbond substituents is 1. The van der Waals surface area contributed by atoms with E-state index in [4.69, 9.17) is 4.74 Å². The van der Waals surface area contributed by atoms with Gasteiger partial charge in [-0.05, 0) is 50.2 Å². The molecule has 0 bridgehead atoms. The number of benzene rings is 2. The second-order valence-corrected chi connectivity index (χ2v) is 9.52. The predicted molar refractivity (Wildman–Crippen MR) is 125 cm³/mol. The van der Waals surface area contributed by atoms with Crippen LogP contribution in [0.15, 0.2) is 48.9 Å². The molecule has 0 saturated heterocycles. The van der Waals surface area contributed by atoms with Crippen LogP contribution < -0.4 is 9.64 Å². The molecule has 154 valence electrons. The lowest BCUT2D eigenvalue weighted by molar-refractivity contribution is -0.118. The molecule has 7 nitrogen and oxygen atoms in total. The molecule has 1 atom stereocenters. The third-order valence-electron chi connectivity index (χ3n) is 4.46. The van der Waals surface area contributed by atoms with Gasteiger partial charge >= 0.3 is 0 Å². The fourth-order valence-corrected chi connectivity index (χ4v) is 5.96. The molecule has 0 saturated carbocycles. The number of thioether (sulfide) groups is 1. The van der Waals surface area contributed by atoms with Crippen molar-refractivity contribution < 1.29 is 14.6 Å². The molecule has 3 aromatic rings. The maximum Gasteiger partial charge on any atom is 0.247 e. The van der Waals surface area contributed by atoms with Gasteiger partial charge in [0.25, 0.3) is 0 Å². The van der Waals surface area contributed by atoms with Crippen LogP contribution in [-0.4, -0.2) is 32.5 Å². The molecule has 0 radical (unpaired) electrons. The molecule has 0 aliphatic carbocycles. The van der Waals surface area contributed by atoms with Gasteiger partial charge < -0.3 is 9.84 Å². The number of amides is 1. The quantitative estimate of drug-likeness (QED) is 0.370. The Morgan fingerprint density at radius 1 is 1.20 bits per heavy atom. The van der Waals surface area contributed by atoms with E-state index in [0.717, 1.165) is 0 Å². The van der Waals surface area contributed by atoms with Crippen LogP contribution in [0.4, 0.5) is 5.69 Å². The van der Waals surface area contributed by atoms with Gasteiger partial charge in [0, 0.05) is 22.5 Å². The molecule has 1 N–H and O–H groups in total. The number of rotatable bonds is 2. The summed E-state index contributed by atoms with van der Waals surface area (Å²) in [7, 11) is 0. The largest absolute Gasteiger partial charge is 0.506 e. The zero-order valence-electron chi connectivity index (χ0n) is 15.6. The lowest BCUT2D eigenvalue weighted by atomic mass is 10.1. The van der Waals surface area contributed by atoms with Gasteiger partial charge in [0.2, 0.25) is 23.2 Å². The highest BCUT2D eigenvalue weighted by molar-refractivity contribution is 9.11. The van der Waals surface area contributed by atoms with E-state index in [2.05, 4.69) is 63.0 Å². The molecule has 1 aliphatic heterocycles. The van der Waals surface area contributed by atoms with Crippen molar-refractivity contribution in [2.45, 2.75) is 18.3 Å². The Morgan fingerprint density at radius 2 is 1.93 bits per heavy atom. The summed E-state index contributed by atoms with van der Waals surface area (Å²) < 4.78 is 7.79. The highest BCUT2D eigenvalue weighted by atomic mass is 79.9. The van der Waals surface area contributed by atoms with Crippen LogP contribution in [0, 0.1) is 0 Å². The van der Waals surface area contributed by atoms with Crippen LogP contribution in [-0.2, 0) is 4.79 Å². The average Bonchev–Trinajstić information content (AvgIpc) is 2.86. The lowest BCUT2D eigenvalue weighted by Gasteiger charge is -2.31. The molecule has 1 aromatic heterocycles. The van der Waals surface area contributed by atoms with Crippen molar-refractivity contribution in [2.75, 3.05) is 11.2 Å². The summed E-state index contributed by atoms with van der Waals surface area (Å²) >= 11 is 11.6. The number of nitrogens with zero attached hydrogens (tertiary/aromatic N) is 4. The fraction of sp³-hybridized carbons (Fsp3) is 0.158. The summed E-state index contributed by atoms with van der Waals surface area (Å²) in [5.41, 5.74) is 2.23. The average molecular weight is 617 g/mol. The van der Waals surface area contributed by atoms with Crippen LogP contribution in [0.2, 0.25) is 0 Å². The molecule has 2 aromatic carbocycles. The summed E-state index contributed by atoms with van der Waals surface area (Å²) in [6.45, 7) is 1.45. The Bertz CT molecular complexity index is 1180. The van der Waals surface area contributed by atoms with E-state index < -0.39 is 6.23 Å². The van der Waals surface area contributed by atoms with Gasteiger partial charge in [-0.2, -0.15) is 4.98 Å². The SMILES string of the molecule is CSc1nnc2c(n1)O[C@@H](c1c(Br)cc(Br)c(O)c1Br)N(C(C)=O)c1ccccc1-2. The predicted octanol–water partition coefficient (Wildman–Crippen LogP) is 5.70. The molecule has 0 fully saturated rings. The number of para-hydroxylation sites is 1. The van der Waals surface area contributed by atoms with Crippen LogP contribution >= 0.6 is 59.6 Å². The minimum Gasteiger partial charge on any atom is -0.506 e. The maximum atomic E-state index is 12.8. The molecule has 1 amide bonds. The molecule has 4 rings (SSSR count). The zero-order chi connectivity index (χ0) is 21.6. The van der Waals surface area contributed by atoms with E-state index in [1.165, 1.54) is 23.6 Å². The van der Waals surface area contributed by atoms with Crippen LogP contribution in [0.1, 0.15) is 18.7 Å². The Kier molecular flexibility index (Phi) is 6.06. The molecule has 1 aliphatic rings. The number of anilines is 1. The number of carbonyl (C=O) groups is 1. The van der Waals surface area contributed by atoms with Crippen molar-refractivity contribution in [3.8, 4) is 22.9 Å². The third kappa shape index (κ3) is 3.61. The lowest BCUT2D eigenvalue weighted by Crippen LogP contribution is -2.36. The summed E-state index contributed by atoms with van der Waals surface area (Å²) in [4.78, 5) is 18.8. The van der Waals surface area contributed by atoms with Crippen LogP contribution in [0.25, 0.3) is 11.3 Å². The van der Waals surface area contributed by atoms with Crippen LogP contribution in [0.5, 0.6) is 11.6 Å². The van der Waals surface area contributed by atoms with E-state index in [1.807, 2.05) is 30.5 Å². The summed E-state index contributed by atoms with van der Waals surface area (Å²) in [6.07, 6.45) is 0.909. The third-order valence-corrected chi connectivity index (χ3v) is 7.06. The van der Waals surface area contributed by atoms with E-state index in [-0.39, 0.29) is 17.5 Å². The first kappa shape index (κ1) is 21.5. The molecule has 11 heteroatoms. The first-order valence-corrected chi connectivity index (χ1v) is 12.1. The van der Waals surface area contributed by atoms with Gasteiger partial charge in [-0.1, -0.05) is 45.9 Å². The number of carbonyl (C=O) groups excluding carboxylic acids is 1. The Hall–Kier alpha value is -1.69. The monoisotopic (exact) mass is 614 g/mol. The number of aromatic hydroxyl groups is 1. The first-order chi connectivity index (χ1) is 14.3. The van der Waals surface area contributed by atoms with E-state index in [0.29, 0.717) is 41.1 Å². The van der Waals surface area contributed by atoms with Crippen molar-refractivity contribution in [2.24, 2.45) is 0 Å². The van der Waals surface area contributed by atoms with Crippen LogP contribution in [0.3, 0.4) is 0 Å². The van der Waals surface area contributed by atoms with E-state index >= 15 is 0 Å². The van der Waals surface area contributed by atoms with Crippen molar-refractivity contribution in [1.82, 2.24) is 15.2 Å². The number of ether oxygens (including phenoxy) is 1. The van der Waals surface area contributed by atoms with Gasteiger partial charge in [-0.25, -0.2) is 0 Å². The molecular formula is C19H13Br3N4O3S. The maximum absolute atomic E-state index is 12.8. The number of fused-ring (bicyclic) bond motifs is 3. The number of hydrogen-bond donors (Lipinski definition) is 1. The van der Waals surface area contributed by atoms with Crippen molar-refractivity contribution in [3.05, 3.63) is 49.3 Å². The number of hydrogen-bond acceptors (Lipinski definition) is 7. The number of halogens is 3. The minimum atomic E-state index is -0.931. The van der Waals surface area contributed by atoms with Crippen molar-refractivity contribution in [1.29, 1.82) is 0 Å². The topological polar surface area (TPSA) is 88.4 Å².